The molecule has 242 valence electrons. The number of allylic oxidation sites excluding steroid dienone is 7. The van der Waals surface area contributed by atoms with Crippen molar-refractivity contribution in [2.45, 2.75) is 106 Å². The van der Waals surface area contributed by atoms with Crippen molar-refractivity contribution in [2.75, 3.05) is 6.61 Å². The van der Waals surface area contributed by atoms with Crippen LogP contribution in [0, 0.1) is 43.1 Å². The Morgan fingerprint density at radius 3 is 2.53 bits per heavy atom. The normalized spacial score (nSPS) is 37.3. The van der Waals surface area contributed by atoms with Gasteiger partial charge in [-0.1, -0.05) is 45.4 Å². The lowest BCUT2D eigenvalue weighted by Crippen LogP contribution is -2.62. The largest absolute Gasteiger partial charge is 0.504 e. The number of aromatic nitrogens is 2. The number of ether oxygens (including phenoxy) is 1. The Kier molecular flexibility index (Phi) is 7.37. The number of aryl methyl sites for hydroxylation is 1. The maximum atomic E-state index is 13.7. The first kappa shape index (κ1) is 31.5. The van der Waals surface area contributed by atoms with E-state index in [1.165, 1.54) is 18.0 Å². The zero-order valence-electron chi connectivity index (χ0n) is 27.6. The maximum Gasteiger partial charge on any atom is 0.311 e. The number of rotatable bonds is 7. The molecule has 0 amide bonds. The van der Waals surface area contributed by atoms with Gasteiger partial charge < -0.3 is 9.84 Å². The lowest BCUT2D eigenvalue weighted by atomic mass is 9.34. The van der Waals surface area contributed by atoms with Crippen LogP contribution < -0.4 is 0 Å². The van der Waals surface area contributed by atoms with E-state index in [1.54, 1.807) is 10.8 Å². The highest BCUT2D eigenvalue weighted by molar-refractivity contribution is 6.06. The van der Waals surface area contributed by atoms with Gasteiger partial charge in [0, 0.05) is 17.5 Å². The molecular formula is C36H47N3O6. The highest BCUT2D eigenvalue weighted by Crippen LogP contribution is 2.75. The van der Waals surface area contributed by atoms with Gasteiger partial charge in [-0.05, 0) is 111 Å². The summed E-state index contributed by atoms with van der Waals surface area (Å²) in [4.78, 5) is 36.9. The van der Waals surface area contributed by atoms with Crippen LogP contribution in [0.5, 0.6) is 0 Å². The van der Waals surface area contributed by atoms with Gasteiger partial charge in [0.05, 0.1) is 16.9 Å². The minimum absolute atomic E-state index is 0.0246. The molecule has 45 heavy (non-hydrogen) atoms. The second-order valence-electron chi connectivity index (χ2n) is 15.7. The van der Waals surface area contributed by atoms with Crippen molar-refractivity contribution in [3.8, 4) is 0 Å². The molecule has 1 aromatic heterocycles. The van der Waals surface area contributed by atoms with Gasteiger partial charge in [0.2, 0.25) is 5.78 Å². The topological polar surface area (TPSA) is 125 Å². The van der Waals surface area contributed by atoms with Crippen LogP contribution in [0.4, 0.5) is 5.69 Å². The molecule has 3 fully saturated rings. The van der Waals surface area contributed by atoms with Gasteiger partial charge >= 0.3 is 11.7 Å². The van der Waals surface area contributed by atoms with E-state index in [0.29, 0.717) is 37.5 Å². The van der Waals surface area contributed by atoms with E-state index in [-0.39, 0.29) is 44.9 Å². The predicted molar refractivity (Wildman–Crippen MR) is 170 cm³/mol. The van der Waals surface area contributed by atoms with E-state index in [9.17, 15) is 24.8 Å². The fourth-order valence-electron chi connectivity index (χ4n) is 9.93. The number of esters is 1. The first-order valence-electron chi connectivity index (χ1n) is 16.5. The van der Waals surface area contributed by atoms with Gasteiger partial charge in [0.25, 0.3) is 0 Å². The molecule has 3 saturated carbocycles. The summed E-state index contributed by atoms with van der Waals surface area (Å²) in [6.45, 7) is 14.4. The van der Waals surface area contributed by atoms with E-state index in [0.717, 1.165) is 56.1 Å². The van der Waals surface area contributed by atoms with Crippen LogP contribution in [0.3, 0.4) is 0 Å². The SMILES string of the molecule is CC1=C(O)C(=O)C=C2C1=CC=C1[C@@]2(C)CC[C@@]2(C)[C@@H]3C[C@](C)(C(=O)OCCCCn4cc([N+](=O)[O-])cn4)CC[C@]3(C)CC[C@]12C. The number of nitro groups is 1. The summed E-state index contributed by atoms with van der Waals surface area (Å²) < 4.78 is 7.46. The number of nitrogens with zero attached hydrogens (tertiary/aromatic N) is 3. The van der Waals surface area contributed by atoms with Crippen molar-refractivity contribution in [1.82, 2.24) is 9.78 Å². The van der Waals surface area contributed by atoms with E-state index in [1.807, 2.05) is 6.92 Å². The second-order valence-corrected chi connectivity index (χ2v) is 15.7. The molecule has 0 aliphatic heterocycles. The van der Waals surface area contributed by atoms with Gasteiger partial charge in [-0.3, -0.25) is 24.4 Å². The molecule has 0 saturated heterocycles. The van der Waals surface area contributed by atoms with Crippen LogP contribution in [0.15, 0.2) is 58.7 Å². The first-order chi connectivity index (χ1) is 21.1. The van der Waals surface area contributed by atoms with E-state index in [2.05, 4.69) is 51.9 Å². The zero-order valence-corrected chi connectivity index (χ0v) is 27.6. The number of carbonyl (C=O) groups is 2. The average molecular weight is 618 g/mol. The number of ketones is 1. The molecule has 1 N–H and O–H groups in total. The molecule has 0 bridgehead atoms. The Balaban J connectivity index is 1.19. The summed E-state index contributed by atoms with van der Waals surface area (Å²) in [5.74, 6) is -0.227. The predicted octanol–water partition coefficient (Wildman–Crippen LogP) is 7.74. The van der Waals surface area contributed by atoms with Crippen molar-refractivity contribution < 1.29 is 24.4 Å². The van der Waals surface area contributed by atoms with Crippen LogP contribution >= 0.6 is 0 Å². The van der Waals surface area contributed by atoms with Gasteiger partial charge in [-0.15, -0.1) is 0 Å². The molecule has 0 spiro atoms. The zero-order chi connectivity index (χ0) is 32.6. The summed E-state index contributed by atoms with van der Waals surface area (Å²) >= 11 is 0. The quantitative estimate of drug-likeness (QED) is 0.144. The third kappa shape index (κ3) is 4.66. The van der Waals surface area contributed by atoms with Gasteiger partial charge in [0.1, 0.15) is 12.4 Å². The van der Waals surface area contributed by atoms with Crippen LogP contribution in [-0.2, 0) is 20.9 Å². The molecular weight excluding hydrogens is 570 g/mol. The third-order valence-corrected chi connectivity index (χ3v) is 13.2. The minimum Gasteiger partial charge on any atom is -0.504 e. The summed E-state index contributed by atoms with van der Waals surface area (Å²) in [7, 11) is 0. The molecule has 1 heterocycles. The molecule has 0 unspecified atom stereocenters. The lowest BCUT2D eigenvalue weighted by Gasteiger charge is -2.70. The Morgan fingerprint density at radius 1 is 1.09 bits per heavy atom. The Hall–Kier alpha value is -3.49. The number of unbranched alkanes of at least 4 members (excludes halogenated alkanes) is 1. The highest BCUT2D eigenvalue weighted by atomic mass is 16.6. The highest BCUT2D eigenvalue weighted by Gasteiger charge is 2.67. The smallest absolute Gasteiger partial charge is 0.311 e. The minimum atomic E-state index is -0.555. The number of aliphatic hydroxyl groups excluding tert-OH is 1. The van der Waals surface area contributed by atoms with Crippen LogP contribution in [0.1, 0.15) is 99.3 Å². The maximum absolute atomic E-state index is 13.7. The second kappa shape index (κ2) is 10.5. The van der Waals surface area contributed by atoms with Crippen molar-refractivity contribution in [2.24, 2.45) is 33.0 Å². The van der Waals surface area contributed by atoms with E-state index in [4.69, 9.17) is 4.74 Å². The average Bonchev–Trinajstić information content (AvgIpc) is 3.48. The molecule has 9 nitrogen and oxygen atoms in total. The van der Waals surface area contributed by atoms with Crippen LogP contribution in [0.25, 0.3) is 0 Å². The Labute approximate surface area is 265 Å². The van der Waals surface area contributed by atoms with Crippen LogP contribution in [0.2, 0.25) is 0 Å². The monoisotopic (exact) mass is 617 g/mol. The molecule has 5 aliphatic carbocycles. The number of fused-ring (bicyclic) bond motifs is 7. The summed E-state index contributed by atoms with van der Waals surface area (Å²) in [6.07, 6.45) is 16.8. The number of hydrogen-bond donors (Lipinski definition) is 1. The number of hydrogen-bond acceptors (Lipinski definition) is 7. The fourth-order valence-corrected chi connectivity index (χ4v) is 9.93. The fraction of sp³-hybridized carbons (Fsp3) is 0.639. The summed E-state index contributed by atoms with van der Waals surface area (Å²) in [6, 6.07) is 0. The van der Waals surface area contributed by atoms with Crippen molar-refractivity contribution in [1.29, 1.82) is 0 Å². The summed E-state index contributed by atoms with van der Waals surface area (Å²) in [5.41, 5.74) is 3.23. The molecule has 6 atom stereocenters. The number of aliphatic hydroxyl groups is 1. The molecule has 5 aliphatic rings. The summed E-state index contributed by atoms with van der Waals surface area (Å²) in [5, 5.41) is 25.3. The van der Waals surface area contributed by atoms with Gasteiger partial charge in [-0.25, -0.2) is 0 Å². The molecule has 0 radical (unpaired) electrons. The standard InChI is InChI=1S/C36H47N3O6/c1-23-25-9-10-28-34(4,26(25)19-27(40)30(23)41)14-16-36(6)29-20-33(3,12-11-32(29,2)13-15-35(28,36)5)31(42)45-18-8-7-17-38-22-24(21-37-38)39(43)44/h9-10,19,21-22,29,41H,7-8,11-18,20H2,1-6H3/t29-,32-,33-,34+,35-,36+/m1/s1. The Morgan fingerprint density at radius 2 is 1.82 bits per heavy atom. The number of carbonyl (C=O) groups excluding carboxylic acids is 2. The van der Waals surface area contributed by atoms with Crippen molar-refractivity contribution in [3.05, 3.63) is 68.8 Å². The Bertz CT molecular complexity index is 1600. The van der Waals surface area contributed by atoms with Crippen molar-refractivity contribution >= 4 is 17.4 Å². The molecule has 9 heteroatoms. The van der Waals surface area contributed by atoms with Crippen molar-refractivity contribution in [3.63, 3.8) is 0 Å². The van der Waals surface area contributed by atoms with Gasteiger partial charge in [0.15, 0.2) is 5.76 Å². The van der Waals surface area contributed by atoms with Gasteiger partial charge in [-0.2, -0.15) is 5.10 Å². The van der Waals surface area contributed by atoms with E-state index < -0.39 is 10.3 Å². The first-order valence-corrected chi connectivity index (χ1v) is 16.5. The molecule has 1 aromatic rings. The molecule has 6 rings (SSSR count). The lowest BCUT2D eigenvalue weighted by molar-refractivity contribution is -0.385. The molecule has 0 aromatic carbocycles. The third-order valence-electron chi connectivity index (χ3n) is 13.2. The van der Waals surface area contributed by atoms with Crippen LogP contribution in [-0.4, -0.2) is 38.2 Å². The van der Waals surface area contributed by atoms with E-state index >= 15 is 0 Å².